The van der Waals surface area contributed by atoms with Crippen LogP contribution in [0.2, 0.25) is 0 Å². The summed E-state index contributed by atoms with van der Waals surface area (Å²) in [6, 6.07) is 6.89. The van der Waals surface area contributed by atoms with Crippen molar-refractivity contribution in [1.82, 2.24) is 0 Å². The standard InChI is InChI=1S/C15H21Br/c1-15(2,11-16)10-13-8-5-7-12-6-3-4-9-14(12)13/h5,7-8H,3-4,6,9-11H2,1-2H3. The molecule has 0 bridgehead atoms. The number of halogens is 1. The van der Waals surface area contributed by atoms with Gasteiger partial charge in [0.05, 0.1) is 0 Å². The summed E-state index contributed by atoms with van der Waals surface area (Å²) in [5, 5.41) is 1.07. The molecule has 1 aliphatic rings. The number of hydrogen-bond acceptors (Lipinski definition) is 0. The summed E-state index contributed by atoms with van der Waals surface area (Å²) < 4.78 is 0. The average molecular weight is 281 g/mol. The van der Waals surface area contributed by atoms with Gasteiger partial charge in [0, 0.05) is 5.33 Å². The van der Waals surface area contributed by atoms with Crippen LogP contribution < -0.4 is 0 Å². The molecule has 0 saturated heterocycles. The molecule has 0 spiro atoms. The third-order valence-electron chi connectivity index (χ3n) is 3.52. The number of fused-ring (bicyclic) bond motifs is 1. The van der Waals surface area contributed by atoms with Gasteiger partial charge in [0.2, 0.25) is 0 Å². The molecule has 0 saturated carbocycles. The van der Waals surface area contributed by atoms with Gasteiger partial charge in [0.15, 0.2) is 0 Å². The van der Waals surface area contributed by atoms with E-state index in [0.29, 0.717) is 5.41 Å². The van der Waals surface area contributed by atoms with Gasteiger partial charge in [-0.15, -0.1) is 0 Å². The molecule has 0 radical (unpaired) electrons. The van der Waals surface area contributed by atoms with Gasteiger partial charge in [0.25, 0.3) is 0 Å². The van der Waals surface area contributed by atoms with Crippen molar-refractivity contribution < 1.29 is 0 Å². The van der Waals surface area contributed by atoms with Crippen molar-refractivity contribution in [3.05, 3.63) is 34.9 Å². The zero-order valence-corrected chi connectivity index (χ0v) is 11.9. The predicted octanol–water partition coefficient (Wildman–Crippen LogP) is 4.53. The zero-order chi connectivity index (χ0) is 11.6. The molecule has 0 atom stereocenters. The quantitative estimate of drug-likeness (QED) is 0.714. The minimum atomic E-state index is 0.368. The van der Waals surface area contributed by atoms with Crippen LogP contribution in [-0.2, 0) is 19.3 Å². The lowest BCUT2D eigenvalue weighted by molar-refractivity contribution is 0.422. The fourth-order valence-corrected chi connectivity index (χ4v) is 2.79. The van der Waals surface area contributed by atoms with Crippen LogP contribution in [0.5, 0.6) is 0 Å². The monoisotopic (exact) mass is 280 g/mol. The fraction of sp³-hybridized carbons (Fsp3) is 0.600. The van der Waals surface area contributed by atoms with Gasteiger partial charge in [-0.3, -0.25) is 0 Å². The molecule has 1 aromatic rings. The molecule has 0 aliphatic heterocycles. The number of alkyl halides is 1. The van der Waals surface area contributed by atoms with E-state index >= 15 is 0 Å². The van der Waals surface area contributed by atoms with E-state index in [4.69, 9.17) is 0 Å². The first-order chi connectivity index (χ1) is 7.62. The summed E-state index contributed by atoms with van der Waals surface area (Å²) in [5.74, 6) is 0. The lowest BCUT2D eigenvalue weighted by Gasteiger charge is -2.26. The second-order valence-corrected chi connectivity index (χ2v) is 6.30. The van der Waals surface area contributed by atoms with Crippen LogP contribution in [0.1, 0.15) is 43.4 Å². The predicted molar refractivity (Wildman–Crippen MR) is 74.4 cm³/mol. The van der Waals surface area contributed by atoms with Gasteiger partial charge < -0.3 is 0 Å². The largest absolute Gasteiger partial charge is 0.0922 e. The molecule has 0 N–H and O–H groups in total. The molecule has 0 nitrogen and oxygen atoms in total. The van der Waals surface area contributed by atoms with Gasteiger partial charge in [-0.25, -0.2) is 0 Å². The van der Waals surface area contributed by atoms with Crippen molar-refractivity contribution in [3.63, 3.8) is 0 Å². The SMILES string of the molecule is CC(C)(CBr)Cc1cccc2c1CCCC2. The summed E-state index contributed by atoms with van der Waals surface area (Å²) in [6.45, 7) is 4.67. The molecule has 0 amide bonds. The molecule has 2 rings (SSSR count). The van der Waals surface area contributed by atoms with Gasteiger partial charge in [-0.2, -0.15) is 0 Å². The molecule has 1 aliphatic carbocycles. The Balaban J connectivity index is 2.27. The van der Waals surface area contributed by atoms with Crippen LogP contribution in [0.15, 0.2) is 18.2 Å². The van der Waals surface area contributed by atoms with Crippen LogP contribution in [0.25, 0.3) is 0 Å². The highest BCUT2D eigenvalue weighted by Crippen LogP contribution is 2.30. The van der Waals surface area contributed by atoms with Gasteiger partial charge in [-0.05, 0) is 54.2 Å². The smallest absolute Gasteiger partial charge is 0.00858 e. The lowest BCUT2D eigenvalue weighted by atomic mass is 9.81. The van der Waals surface area contributed by atoms with E-state index in [9.17, 15) is 0 Å². The van der Waals surface area contributed by atoms with Crippen molar-refractivity contribution >= 4 is 15.9 Å². The highest BCUT2D eigenvalue weighted by atomic mass is 79.9. The van der Waals surface area contributed by atoms with E-state index < -0.39 is 0 Å². The fourth-order valence-electron chi connectivity index (χ4n) is 2.59. The zero-order valence-electron chi connectivity index (χ0n) is 10.4. The Morgan fingerprint density at radius 3 is 2.69 bits per heavy atom. The lowest BCUT2D eigenvalue weighted by Crippen LogP contribution is -2.18. The van der Waals surface area contributed by atoms with Crippen LogP contribution in [0, 0.1) is 5.41 Å². The van der Waals surface area contributed by atoms with Gasteiger partial charge in [0.1, 0.15) is 0 Å². The summed E-state index contributed by atoms with van der Waals surface area (Å²) in [5.41, 5.74) is 5.21. The Morgan fingerprint density at radius 2 is 1.94 bits per heavy atom. The van der Waals surface area contributed by atoms with E-state index in [1.54, 1.807) is 16.7 Å². The van der Waals surface area contributed by atoms with Crippen molar-refractivity contribution in [3.8, 4) is 0 Å². The maximum absolute atomic E-state index is 3.62. The summed E-state index contributed by atoms with van der Waals surface area (Å²) >= 11 is 3.62. The Hall–Kier alpha value is -0.300. The van der Waals surface area contributed by atoms with Gasteiger partial charge >= 0.3 is 0 Å². The van der Waals surface area contributed by atoms with Crippen molar-refractivity contribution in [1.29, 1.82) is 0 Å². The normalized spacial score (nSPS) is 15.9. The van der Waals surface area contributed by atoms with Crippen LogP contribution in [0.3, 0.4) is 0 Å². The van der Waals surface area contributed by atoms with Crippen LogP contribution in [0.4, 0.5) is 0 Å². The summed E-state index contributed by atoms with van der Waals surface area (Å²) in [4.78, 5) is 0. The molecule has 16 heavy (non-hydrogen) atoms. The molecule has 1 heteroatoms. The minimum absolute atomic E-state index is 0.368. The van der Waals surface area contributed by atoms with Crippen molar-refractivity contribution in [2.45, 2.75) is 46.0 Å². The molecule has 0 fully saturated rings. The molecule has 0 aromatic heterocycles. The third kappa shape index (κ3) is 2.68. The maximum atomic E-state index is 3.62. The average Bonchev–Trinajstić information content (AvgIpc) is 2.29. The van der Waals surface area contributed by atoms with Crippen molar-refractivity contribution in [2.24, 2.45) is 5.41 Å². The molecule has 1 aromatic carbocycles. The highest BCUT2D eigenvalue weighted by Gasteiger charge is 2.20. The molecule has 0 heterocycles. The van der Waals surface area contributed by atoms with Crippen molar-refractivity contribution in [2.75, 3.05) is 5.33 Å². The summed E-state index contributed by atoms with van der Waals surface area (Å²) in [6.07, 6.45) is 6.53. The number of benzene rings is 1. The first-order valence-corrected chi connectivity index (χ1v) is 7.40. The summed E-state index contributed by atoms with van der Waals surface area (Å²) in [7, 11) is 0. The first-order valence-electron chi connectivity index (χ1n) is 6.28. The topological polar surface area (TPSA) is 0 Å². The van der Waals surface area contributed by atoms with E-state index in [1.165, 1.54) is 32.1 Å². The minimum Gasteiger partial charge on any atom is -0.0922 e. The van der Waals surface area contributed by atoms with E-state index in [-0.39, 0.29) is 0 Å². The van der Waals surface area contributed by atoms with Crippen LogP contribution >= 0.6 is 15.9 Å². The molecule has 88 valence electrons. The second kappa shape index (κ2) is 4.91. The number of aryl methyl sites for hydroxylation is 1. The first kappa shape index (κ1) is 12.2. The highest BCUT2D eigenvalue weighted by molar-refractivity contribution is 9.09. The van der Waals surface area contributed by atoms with Crippen LogP contribution in [-0.4, -0.2) is 5.33 Å². The Kier molecular flexibility index (Phi) is 3.73. The number of rotatable bonds is 3. The Bertz CT molecular complexity index is 366. The Labute approximate surface area is 108 Å². The number of hydrogen-bond donors (Lipinski definition) is 0. The maximum Gasteiger partial charge on any atom is 0.00858 e. The third-order valence-corrected chi connectivity index (χ3v) is 5.04. The second-order valence-electron chi connectivity index (χ2n) is 5.74. The molecule has 0 unspecified atom stereocenters. The molecular weight excluding hydrogens is 260 g/mol. The Morgan fingerprint density at radius 1 is 1.19 bits per heavy atom. The van der Waals surface area contributed by atoms with E-state index in [1.807, 2.05) is 0 Å². The van der Waals surface area contributed by atoms with E-state index in [0.717, 1.165) is 5.33 Å². The van der Waals surface area contributed by atoms with Gasteiger partial charge in [-0.1, -0.05) is 48.0 Å². The molecular formula is C15H21Br. The van der Waals surface area contributed by atoms with E-state index in [2.05, 4.69) is 48.0 Å².